The van der Waals surface area contributed by atoms with Gasteiger partial charge in [0, 0.05) is 17.3 Å². The van der Waals surface area contributed by atoms with Crippen molar-refractivity contribution >= 4 is 17.7 Å². The summed E-state index contributed by atoms with van der Waals surface area (Å²) in [5.41, 5.74) is 0.673. The molecule has 2 N–H and O–H groups in total. The van der Waals surface area contributed by atoms with E-state index >= 15 is 0 Å². The van der Waals surface area contributed by atoms with Gasteiger partial charge >= 0.3 is 6.09 Å². The Bertz CT molecular complexity index is 553. The van der Waals surface area contributed by atoms with Gasteiger partial charge in [-0.15, -0.1) is 0 Å². The van der Waals surface area contributed by atoms with Gasteiger partial charge in [-0.05, 0) is 57.9 Å². The lowest BCUT2D eigenvalue weighted by Gasteiger charge is -2.19. The third-order valence-corrected chi connectivity index (χ3v) is 3.98. The zero-order valence-corrected chi connectivity index (χ0v) is 14.9. The Hall–Kier alpha value is -2.04. The smallest absolute Gasteiger partial charge is 0.412 e. The minimum Gasteiger partial charge on any atom is -0.444 e. The van der Waals surface area contributed by atoms with Gasteiger partial charge in [0.25, 0.3) is 5.91 Å². The molecule has 132 valence electrons. The zero-order chi connectivity index (χ0) is 17.6. The van der Waals surface area contributed by atoms with E-state index < -0.39 is 11.7 Å². The minimum absolute atomic E-state index is 0.0503. The fourth-order valence-corrected chi connectivity index (χ4v) is 2.82. The number of carbonyl (C=O) groups is 2. The van der Waals surface area contributed by atoms with Crippen LogP contribution in [0.1, 0.15) is 69.7 Å². The van der Waals surface area contributed by atoms with E-state index in [0.29, 0.717) is 11.3 Å². The lowest BCUT2D eigenvalue weighted by atomic mass is 10.1. The molecule has 1 aromatic carbocycles. The first-order valence-corrected chi connectivity index (χ1v) is 8.74. The molecule has 2 amide bonds. The topological polar surface area (TPSA) is 67.4 Å². The number of hydrogen-bond acceptors (Lipinski definition) is 3. The zero-order valence-electron chi connectivity index (χ0n) is 14.9. The third kappa shape index (κ3) is 6.22. The Kier molecular flexibility index (Phi) is 6.23. The highest BCUT2D eigenvalue weighted by Crippen LogP contribution is 2.18. The summed E-state index contributed by atoms with van der Waals surface area (Å²) in [4.78, 5) is 24.1. The molecule has 24 heavy (non-hydrogen) atoms. The van der Waals surface area contributed by atoms with E-state index in [4.69, 9.17) is 4.74 Å². The molecule has 2 rings (SSSR count). The number of hydrogen-bond donors (Lipinski definition) is 2. The van der Waals surface area contributed by atoms with E-state index in [1.54, 1.807) is 24.3 Å². The van der Waals surface area contributed by atoms with E-state index in [9.17, 15) is 9.59 Å². The fraction of sp³-hybridized carbons (Fsp3) is 0.579. The van der Waals surface area contributed by atoms with Crippen LogP contribution in [0.5, 0.6) is 0 Å². The average Bonchev–Trinajstić information content (AvgIpc) is 2.74. The van der Waals surface area contributed by atoms with Gasteiger partial charge in [-0.3, -0.25) is 10.1 Å². The van der Waals surface area contributed by atoms with Crippen molar-refractivity contribution in [3.8, 4) is 0 Å². The molecule has 0 atom stereocenters. The van der Waals surface area contributed by atoms with Gasteiger partial charge in [0.1, 0.15) is 5.60 Å². The molecule has 1 aliphatic rings. The molecule has 0 radical (unpaired) electrons. The molecule has 1 aromatic rings. The highest BCUT2D eigenvalue weighted by atomic mass is 16.6. The average molecular weight is 332 g/mol. The summed E-state index contributed by atoms with van der Waals surface area (Å²) in [6.45, 7) is 5.44. The summed E-state index contributed by atoms with van der Waals surface area (Å²) in [6.07, 6.45) is 6.51. The number of anilines is 1. The second-order valence-electron chi connectivity index (χ2n) is 7.37. The second-order valence-corrected chi connectivity index (χ2v) is 7.37. The Morgan fingerprint density at radius 2 is 1.58 bits per heavy atom. The first-order valence-electron chi connectivity index (χ1n) is 8.74. The van der Waals surface area contributed by atoms with Crippen molar-refractivity contribution in [1.82, 2.24) is 5.32 Å². The van der Waals surface area contributed by atoms with Crippen molar-refractivity contribution in [2.24, 2.45) is 0 Å². The molecule has 0 saturated heterocycles. The number of amides is 2. The van der Waals surface area contributed by atoms with Crippen molar-refractivity contribution in [3.63, 3.8) is 0 Å². The molecule has 1 aliphatic carbocycles. The first-order chi connectivity index (χ1) is 11.3. The minimum atomic E-state index is -0.539. The number of rotatable bonds is 3. The maximum Gasteiger partial charge on any atom is 0.412 e. The van der Waals surface area contributed by atoms with Gasteiger partial charge in [-0.1, -0.05) is 25.7 Å². The summed E-state index contributed by atoms with van der Waals surface area (Å²) in [5.74, 6) is -0.0503. The van der Waals surface area contributed by atoms with Crippen LogP contribution in [0.2, 0.25) is 0 Å². The Labute approximate surface area is 144 Å². The quantitative estimate of drug-likeness (QED) is 0.802. The van der Waals surface area contributed by atoms with Crippen LogP contribution in [-0.2, 0) is 4.74 Å². The number of nitrogens with one attached hydrogen (secondary N) is 2. The summed E-state index contributed by atoms with van der Waals surface area (Å²) >= 11 is 0. The monoisotopic (exact) mass is 332 g/mol. The summed E-state index contributed by atoms with van der Waals surface area (Å²) in [5, 5.41) is 5.78. The lowest BCUT2D eigenvalue weighted by Crippen LogP contribution is -2.34. The maximum absolute atomic E-state index is 12.3. The molecule has 0 spiro atoms. The number of benzene rings is 1. The van der Waals surface area contributed by atoms with E-state index in [0.717, 1.165) is 12.8 Å². The standard InChI is InChI=1S/C19H28N2O3/c1-19(2,3)24-18(23)21-16-12-10-14(11-13-16)17(22)20-15-8-6-4-5-7-9-15/h10-13,15H,4-9H2,1-3H3,(H,20,22)(H,21,23). The third-order valence-electron chi connectivity index (χ3n) is 3.98. The Balaban J connectivity index is 1.88. The van der Waals surface area contributed by atoms with Gasteiger partial charge in [-0.25, -0.2) is 4.79 Å². The van der Waals surface area contributed by atoms with Gasteiger partial charge in [0.2, 0.25) is 0 Å². The summed E-state index contributed by atoms with van der Waals surface area (Å²) in [6, 6.07) is 7.15. The Morgan fingerprint density at radius 1 is 1.00 bits per heavy atom. The van der Waals surface area contributed by atoms with Crippen LogP contribution in [-0.4, -0.2) is 23.6 Å². The largest absolute Gasteiger partial charge is 0.444 e. The van der Waals surface area contributed by atoms with Crippen LogP contribution in [0.15, 0.2) is 24.3 Å². The number of ether oxygens (including phenoxy) is 1. The van der Waals surface area contributed by atoms with Crippen molar-refractivity contribution in [2.75, 3.05) is 5.32 Å². The predicted octanol–water partition coefficient (Wildman–Crippen LogP) is 4.49. The van der Waals surface area contributed by atoms with Gasteiger partial charge in [-0.2, -0.15) is 0 Å². The molecule has 5 heteroatoms. The van der Waals surface area contributed by atoms with E-state index in [-0.39, 0.29) is 11.9 Å². The molecule has 0 aliphatic heterocycles. The van der Waals surface area contributed by atoms with Crippen LogP contribution in [0.4, 0.5) is 10.5 Å². The molecule has 0 bridgehead atoms. The molecular formula is C19H28N2O3. The van der Waals surface area contributed by atoms with Crippen LogP contribution in [0.3, 0.4) is 0 Å². The molecule has 1 saturated carbocycles. The normalized spacial score (nSPS) is 16.1. The molecular weight excluding hydrogens is 304 g/mol. The Morgan fingerprint density at radius 3 is 2.12 bits per heavy atom. The van der Waals surface area contributed by atoms with Crippen LogP contribution in [0.25, 0.3) is 0 Å². The van der Waals surface area contributed by atoms with E-state index in [1.165, 1.54) is 25.7 Å². The highest BCUT2D eigenvalue weighted by Gasteiger charge is 2.17. The van der Waals surface area contributed by atoms with Crippen molar-refractivity contribution in [3.05, 3.63) is 29.8 Å². The molecule has 0 heterocycles. The van der Waals surface area contributed by atoms with Gasteiger partial charge in [0.15, 0.2) is 0 Å². The fourth-order valence-electron chi connectivity index (χ4n) is 2.82. The molecule has 1 fully saturated rings. The van der Waals surface area contributed by atoms with Crippen LogP contribution < -0.4 is 10.6 Å². The first kappa shape index (κ1) is 18.3. The van der Waals surface area contributed by atoms with Crippen molar-refractivity contribution in [2.45, 2.75) is 70.9 Å². The molecule has 5 nitrogen and oxygen atoms in total. The summed E-state index contributed by atoms with van der Waals surface area (Å²) in [7, 11) is 0. The maximum atomic E-state index is 12.3. The van der Waals surface area contributed by atoms with Gasteiger partial charge < -0.3 is 10.1 Å². The second kappa shape index (κ2) is 8.18. The SMILES string of the molecule is CC(C)(C)OC(=O)Nc1ccc(C(=O)NC2CCCCCC2)cc1. The van der Waals surface area contributed by atoms with Crippen molar-refractivity contribution in [1.29, 1.82) is 0 Å². The van der Waals surface area contributed by atoms with Crippen LogP contribution in [0, 0.1) is 0 Å². The van der Waals surface area contributed by atoms with Crippen molar-refractivity contribution < 1.29 is 14.3 Å². The lowest BCUT2D eigenvalue weighted by molar-refractivity contribution is 0.0635. The van der Waals surface area contributed by atoms with Gasteiger partial charge in [0.05, 0.1) is 0 Å². The highest BCUT2D eigenvalue weighted by molar-refractivity contribution is 5.95. The van der Waals surface area contributed by atoms with E-state index in [1.807, 2.05) is 20.8 Å². The van der Waals surface area contributed by atoms with E-state index in [2.05, 4.69) is 10.6 Å². The molecule has 0 unspecified atom stereocenters. The summed E-state index contributed by atoms with van der Waals surface area (Å²) < 4.78 is 5.20. The molecule has 0 aromatic heterocycles. The predicted molar refractivity (Wildman–Crippen MR) is 95.3 cm³/mol. The van der Waals surface area contributed by atoms with Crippen LogP contribution >= 0.6 is 0 Å². The number of carbonyl (C=O) groups excluding carboxylic acids is 2.